The minimum atomic E-state index is -2.43. The first kappa shape index (κ1) is 53.0. The molecule has 71 heavy (non-hydrogen) atoms. The molecule has 10 atom stereocenters. The summed E-state index contributed by atoms with van der Waals surface area (Å²) in [6.07, 6.45) is -13.2. The van der Waals surface area contributed by atoms with E-state index < -0.39 is 83.0 Å². The Kier molecular flexibility index (Phi) is 19.5. The molecular weight excluding hydrogens is 983 g/mol. The van der Waals surface area contributed by atoms with Gasteiger partial charge in [0, 0.05) is 4.91 Å². The predicted molar refractivity (Wildman–Crippen MR) is 260 cm³/mol. The molecule has 0 aliphatic carbocycles. The average molecular weight is 1030 g/mol. The van der Waals surface area contributed by atoms with Gasteiger partial charge in [0.2, 0.25) is 12.2 Å². The van der Waals surface area contributed by atoms with Crippen LogP contribution in [-0.2, 0) is 78.6 Å². The number of benzene rings is 5. The number of esters is 2. The topological polar surface area (TPSA) is 208 Å². The second-order valence-electron chi connectivity index (χ2n) is 16.1. The largest absolute Gasteiger partial charge is 0.497 e. The second kappa shape index (κ2) is 26.1. The van der Waals surface area contributed by atoms with E-state index in [1.54, 1.807) is 49.6 Å². The molecule has 0 aromatic heterocycles. The number of carbonyl (C=O) groups excluding carboxylic acids is 2. The van der Waals surface area contributed by atoms with Crippen molar-refractivity contribution in [1.29, 1.82) is 5.41 Å². The van der Waals surface area contributed by atoms with Crippen molar-refractivity contribution in [3.8, 4) is 5.75 Å². The molecule has 0 saturated carbocycles. The normalized spacial score (nSPS) is 24.2. The summed E-state index contributed by atoms with van der Waals surface area (Å²) in [5.74, 6) is -2.15. The molecule has 0 unspecified atom stereocenters. The number of methoxy groups -OCH3 is 2. The van der Waals surface area contributed by atoms with Gasteiger partial charge in [-0.15, -0.1) is 0 Å². The quantitative estimate of drug-likeness (QED) is 0.0138. The van der Waals surface area contributed by atoms with Crippen LogP contribution in [0.3, 0.4) is 0 Å². The number of carbonyl (C=O) groups is 2. The van der Waals surface area contributed by atoms with Crippen LogP contribution in [0.5, 0.6) is 5.75 Å². The number of azide groups is 1. The smallest absolute Gasteiger partial charge is 0.338 e. The predicted octanol–water partition coefficient (Wildman–Crippen LogP) is 9.24. The van der Waals surface area contributed by atoms with E-state index >= 15 is 0 Å². The third-order valence-corrected chi connectivity index (χ3v) is 11.8. The molecule has 2 saturated heterocycles. The first-order valence-corrected chi connectivity index (χ1v) is 23.4. The lowest BCUT2D eigenvalue weighted by molar-refractivity contribution is -0.342. The van der Waals surface area contributed by atoms with Crippen molar-refractivity contribution in [2.75, 3.05) is 20.8 Å². The number of nitrogens with one attached hydrogen (secondary N) is 1. The standard InChI is InChI=1S/C51H51Cl3N4O13/c1-61-37-25-23-35(24-26-37)27-63-31-38-40(64-28-32-15-7-3-8-16-32)41(65-29-33-17-9-4-10-18-33)39(57-58-56)48(67-38)69-43-42(66-30-34-19-11-5-12-20-34)45(68-46(59)36-21-13-6-14-22-36)49(70-44(43)47(60)62-2)71-50(55)51(52,53)54/h3-26,38-45,48-49,55H,27-31H2,1-2H3/t38-,39-,40-,41-,42+,43+,44-,45-,48-,49-/m1/s1. The first-order valence-electron chi connectivity index (χ1n) is 22.3. The van der Waals surface area contributed by atoms with E-state index in [9.17, 15) is 15.1 Å². The molecule has 20 heteroatoms. The van der Waals surface area contributed by atoms with Gasteiger partial charge in [0.05, 0.1) is 52.8 Å². The van der Waals surface area contributed by atoms with E-state index in [1.165, 1.54) is 12.1 Å². The number of nitrogens with zero attached hydrogens (tertiary/aromatic N) is 3. The Hall–Kier alpha value is -5.79. The Morgan fingerprint density at radius 1 is 0.634 bits per heavy atom. The lowest BCUT2D eigenvalue weighted by Crippen LogP contribution is -2.67. The molecule has 374 valence electrons. The second-order valence-corrected chi connectivity index (χ2v) is 18.4. The van der Waals surface area contributed by atoms with Crippen LogP contribution in [0.4, 0.5) is 0 Å². The zero-order valence-electron chi connectivity index (χ0n) is 38.4. The van der Waals surface area contributed by atoms with Gasteiger partial charge < -0.3 is 52.1 Å². The number of rotatable bonds is 21. The molecule has 7 rings (SSSR count). The highest BCUT2D eigenvalue weighted by Gasteiger charge is 2.58. The highest BCUT2D eigenvalue weighted by molar-refractivity contribution is 6.76. The van der Waals surface area contributed by atoms with Crippen LogP contribution in [0.15, 0.2) is 151 Å². The van der Waals surface area contributed by atoms with E-state index in [1.807, 2.05) is 91.0 Å². The molecule has 0 amide bonds. The van der Waals surface area contributed by atoms with Gasteiger partial charge in [-0.05, 0) is 52.1 Å². The Bertz CT molecular complexity index is 2510. The van der Waals surface area contributed by atoms with Crippen LogP contribution < -0.4 is 4.74 Å². The Morgan fingerprint density at radius 2 is 1.15 bits per heavy atom. The molecule has 0 radical (unpaired) electrons. The maximum absolute atomic E-state index is 14.0. The molecule has 2 heterocycles. The molecule has 1 N–H and O–H groups in total. The van der Waals surface area contributed by atoms with Crippen molar-refractivity contribution < 1.29 is 61.7 Å². The highest BCUT2D eigenvalue weighted by Crippen LogP contribution is 2.38. The third kappa shape index (κ3) is 14.7. The minimum Gasteiger partial charge on any atom is -0.497 e. The average Bonchev–Trinajstić information content (AvgIpc) is 3.39. The zero-order valence-corrected chi connectivity index (χ0v) is 40.7. The molecule has 17 nitrogen and oxygen atoms in total. The number of hydrogen-bond donors (Lipinski definition) is 1. The molecule has 2 aliphatic rings. The molecule has 0 bridgehead atoms. The Morgan fingerprint density at radius 3 is 1.68 bits per heavy atom. The van der Waals surface area contributed by atoms with Crippen molar-refractivity contribution in [2.24, 2.45) is 5.11 Å². The fourth-order valence-corrected chi connectivity index (χ4v) is 7.94. The van der Waals surface area contributed by atoms with Crippen molar-refractivity contribution in [3.63, 3.8) is 0 Å². The molecule has 2 aliphatic heterocycles. The molecule has 0 spiro atoms. The Balaban J connectivity index is 1.31. The molecule has 5 aromatic rings. The maximum atomic E-state index is 14.0. The van der Waals surface area contributed by atoms with E-state index in [2.05, 4.69) is 10.0 Å². The first-order chi connectivity index (χ1) is 34.4. The van der Waals surface area contributed by atoms with Gasteiger partial charge in [-0.1, -0.05) is 161 Å². The van der Waals surface area contributed by atoms with Crippen LogP contribution >= 0.6 is 34.8 Å². The van der Waals surface area contributed by atoms with Gasteiger partial charge in [-0.25, -0.2) is 9.59 Å². The summed E-state index contributed by atoms with van der Waals surface area (Å²) in [7, 11) is 2.69. The fraction of sp³-hybridized carbons (Fsp3) is 0.353. The number of halogens is 3. The number of alkyl halides is 3. The van der Waals surface area contributed by atoms with E-state index in [0.717, 1.165) is 23.8 Å². The number of hydrogen-bond acceptors (Lipinski definition) is 15. The van der Waals surface area contributed by atoms with Crippen molar-refractivity contribution in [2.45, 2.75) is 91.6 Å². The SMILES string of the molecule is COC(=O)[C@@H]1O[C@H](OC(=N)C(Cl)(Cl)Cl)[C@H](OC(=O)c2ccccc2)[C@@H](OCc2ccccc2)[C@@H]1O[C@H]1O[C@H](COCc2ccc(OC)cc2)[C@@H](OCc2ccccc2)[C@H](OCc2ccccc2)[C@H]1N=[N+]=[N-]. The summed E-state index contributed by atoms with van der Waals surface area (Å²) in [6, 6.07) is 41.7. The van der Waals surface area contributed by atoms with Crippen LogP contribution in [0.1, 0.15) is 32.6 Å². The summed E-state index contributed by atoms with van der Waals surface area (Å²) in [4.78, 5) is 31.2. The van der Waals surface area contributed by atoms with Crippen molar-refractivity contribution >= 4 is 52.6 Å². The lowest BCUT2D eigenvalue weighted by atomic mass is 9.94. The summed E-state index contributed by atoms with van der Waals surface area (Å²) >= 11 is 18.2. The van der Waals surface area contributed by atoms with Crippen molar-refractivity contribution in [1.82, 2.24) is 0 Å². The maximum Gasteiger partial charge on any atom is 0.338 e. The van der Waals surface area contributed by atoms with E-state index in [-0.39, 0.29) is 38.6 Å². The summed E-state index contributed by atoms with van der Waals surface area (Å²) in [5.41, 5.74) is 13.5. The Labute approximate surface area is 425 Å². The van der Waals surface area contributed by atoms with Gasteiger partial charge in [0.15, 0.2) is 18.5 Å². The van der Waals surface area contributed by atoms with Crippen LogP contribution in [0.25, 0.3) is 10.4 Å². The van der Waals surface area contributed by atoms with Crippen LogP contribution in [-0.4, -0.2) is 104 Å². The monoisotopic (exact) mass is 1030 g/mol. The third-order valence-electron chi connectivity index (χ3n) is 11.3. The minimum absolute atomic E-state index is 0.0339. The van der Waals surface area contributed by atoms with E-state index in [0.29, 0.717) is 11.3 Å². The van der Waals surface area contributed by atoms with Gasteiger partial charge in [-0.3, -0.25) is 5.41 Å². The van der Waals surface area contributed by atoms with Gasteiger partial charge >= 0.3 is 11.9 Å². The van der Waals surface area contributed by atoms with Gasteiger partial charge in [-0.2, -0.15) is 0 Å². The van der Waals surface area contributed by atoms with Crippen molar-refractivity contribution in [3.05, 3.63) is 184 Å². The van der Waals surface area contributed by atoms with Gasteiger partial charge in [0.25, 0.3) is 3.79 Å². The number of ether oxygens (including phenoxy) is 11. The van der Waals surface area contributed by atoms with Crippen LogP contribution in [0, 0.1) is 5.41 Å². The molecule has 5 aromatic carbocycles. The fourth-order valence-electron chi connectivity index (χ4n) is 7.81. The summed E-state index contributed by atoms with van der Waals surface area (Å²) in [5, 5.41) is 12.7. The van der Waals surface area contributed by atoms with Crippen LogP contribution in [0.2, 0.25) is 0 Å². The van der Waals surface area contributed by atoms with Gasteiger partial charge in [0.1, 0.15) is 42.3 Å². The summed E-state index contributed by atoms with van der Waals surface area (Å²) < 4.78 is 66.2. The molecular formula is C51H51Cl3N4O13. The molecule has 2 fully saturated rings. The van der Waals surface area contributed by atoms with E-state index in [4.69, 9.17) is 92.3 Å². The highest BCUT2D eigenvalue weighted by atomic mass is 35.6. The zero-order chi connectivity index (χ0) is 50.2. The lowest BCUT2D eigenvalue weighted by Gasteiger charge is -2.48. The summed E-state index contributed by atoms with van der Waals surface area (Å²) in [6.45, 7) is 0.0104.